The number of rotatable bonds is 3. The number of fused-ring (bicyclic) bond motifs is 1. The van der Waals surface area contributed by atoms with Crippen LogP contribution < -0.4 is 22.5 Å². The van der Waals surface area contributed by atoms with Crippen molar-refractivity contribution < 1.29 is 4.39 Å². The maximum absolute atomic E-state index is 14.3. The highest BCUT2D eigenvalue weighted by molar-refractivity contribution is 5.95. The maximum atomic E-state index is 14.3. The Morgan fingerprint density at radius 2 is 1.91 bits per heavy atom. The molecule has 5 nitrogen and oxygen atoms in total. The van der Waals surface area contributed by atoms with Gasteiger partial charge in [-0.3, -0.25) is 0 Å². The lowest BCUT2D eigenvalue weighted by molar-refractivity contribution is 0.619. The third kappa shape index (κ3) is 2.94. The van der Waals surface area contributed by atoms with Crippen molar-refractivity contribution in [2.75, 3.05) is 11.1 Å². The molecule has 2 aromatic carbocycles. The predicted molar refractivity (Wildman–Crippen MR) is 91.7 cm³/mol. The van der Waals surface area contributed by atoms with Gasteiger partial charge in [0.05, 0.1) is 6.17 Å². The average Bonchev–Trinajstić information content (AvgIpc) is 2.50. The van der Waals surface area contributed by atoms with E-state index in [1.54, 1.807) is 0 Å². The summed E-state index contributed by atoms with van der Waals surface area (Å²) >= 11 is 0. The molecule has 1 heterocycles. The van der Waals surface area contributed by atoms with E-state index < -0.39 is 12.0 Å². The molecule has 0 fully saturated rings. The average molecular weight is 311 g/mol. The number of hydrogen-bond donors (Lipinski definition) is 4. The van der Waals surface area contributed by atoms with Gasteiger partial charge in [-0.1, -0.05) is 29.8 Å². The lowest BCUT2D eigenvalue weighted by Gasteiger charge is -2.14. The van der Waals surface area contributed by atoms with E-state index in [0.29, 0.717) is 0 Å². The number of hydrogen-bond acceptors (Lipinski definition) is 5. The summed E-state index contributed by atoms with van der Waals surface area (Å²) in [5.74, 6) is -0.402. The third-order valence-corrected chi connectivity index (χ3v) is 3.69. The monoisotopic (exact) mass is 311 g/mol. The van der Waals surface area contributed by atoms with Crippen LogP contribution in [0.1, 0.15) is 17.3 Å². The Bertz CT molecular complexity index is 876. The molecule has 3 aromatic rings. The number of aromatic nitrogens is 1. The Morgan fingerprint density at radius 3 is 2.65 bits per heavy atom. The number of pyridine rings is 1. The van der Waals surface area contributed by atoms with Crippen LogP contribution in [0.15, 0.2) is 42.5 Å². The molecule has 0 aliphatic carbocycles. The minimum absolute atomic E-state index is 0.0425. The first-order valence-electron chi connectivity index (χ1n) is 7.19. The summed E-state index contributed by atoms with van der Waals surface area (Å²) in [4.78, 5) is 4.05. The highest BCUT2D eigenvalue weighted by atomic mass is 19.1. The van der Waals surface area contributed by atoms with Crippen LogP contribution in [-0.2, 0) is 0 Å². The first-order valence-corrected chi connectivity index (χ1v) is 7.19. The predicted octanol–water partition coefficient (Wildman–Crippen LogP) is 2.92. The van der Waals surface area contributed by atoms with Crippen molar-refractivity contribution in [3.63, 3.8) is 0 Å². The molecular formula is C17H18FN5. The van der Waals surface area contributed by atoms with Crippen molar-refractivity contribution in [2.24, 2.45) is 11.5 Å². The zero-order chi connectivity index (χ0) is 16.6. The summed E-state index contributed by atoms with van der Waals surface area (Å²) in [7, 11) is 0. The molecule has 0 aliphatic heterocycles. The minimum Gasteiger partial charge on any atom is -0.383 e. The molecule has 0 amide bonds. The van der Waals surface area contributed by atoms with Crippen molar-refractivity contribution in [1.29, 1.82) is 0 Å². The van der Waals surface area contributed by atoms with Crippen molar-refractivity contribution in [3.05, 3.63) is 59.4 Å². The van der Waals surface area contributed by atoms with E-state index in [4.69, 9.17) is 17.2 Å². The second-order valence-electron chi connectivity index (χ2n) is 5.47. The zero-order valence-electron chi connectivity index (χ0n) is 12.7. The highest BCUT2D eigenvalue weighted by Crippen LogP contribution is 2.29. The number of nitrogens with one attached hydrogen (secondary N) is 1. The number of halogens is 1. The molecule has 1 aromatic heterocycles. The topological polar surface area (TPSA) is 103 Å². The summed E-state index contributed by atoms with van der Waals surface area (Å²) in [6.45, 7) is 2.00. The molecule has 3 rings (SSSR count). The molecule has 0 aliphatic rings. The molecule has 0 saturated carbocycles. The van der Waals surface area contributed by atoms with Crippen molar-refractivity contribution in [2.45, 2.75) is 13.1 Å². The summed E-state index contributed by atoms with van der Waals surface area (Å²) in [5, 5.41) is 5.03. The van der Waals surface area contributed by atoms with Gasteiger partial charge in [-0.25, -0.2) is 9.37 Å². The van der Waals surface area contributed by atoms with Gasteiger partial charge in [-0.05, 0) is 30.5 Å². The van der Waals surface area contributed by atoms with E-state index in [-0.39, 0.29) is 17.2 Å². The quantitative estimate of drug-likeness (QED) is 0.557. The summed E-state index contributed by atoms with van der Waals surface area (Å²) in [6.07, 6.45) is -0.869. The van der Waals surface area contributed by atoms with Crippen LogP contribution in [0, 0.1) is 12.7 Å². The van der Waals surface area contributed by atoms with E-state index in [1.165, 1.54) is 6.07 Å². The molecule has 0 atom stereocenters. The van der Waals surface area contributed by atoms with Gasteiger partial charge >= 0.3 is 0 Å². The molecule has 0 unspecified atom stereocenters. The van der Waals surface area contributed by atoms with Gasteiger partial charge in [0.2, 0.25) is 0 Å². The van der Waals surface area contributed by atoms with Crippen LogP contribution in [0.3, 0.4) is 0 Å². The van der Waals surface area contributed by atoms with Gasteiger partial charge in [-0.2, -0.15) is 0 Å². The van der Waals surface area contributed by atoms with Gasteiger partial charge in [0.25, 0.3) is 0 Å². The fraction of sp³-hybridized carbons (Fsp3) is 0.118. The fourth-order valence-corrected chi connectivity index (χ4v) is 2.49. The van der Waals surface area contributed by atoms with Crippen LogP contribution in [0.4, 0.5) is 21.7 Å². The van der Waals surface area contributed by atoms with Gasteiger partial charge < -0.3 is 22.5 Å². The second kappa shape index (κ2) is 5.83. The highest BCUT2D eigenvalue weighted by Gasteiger charge is 2.14. The van der Waals surface area contributed by atoms with E-state index >= 15 is 0 Å². The van der Waals surface area contributed by atoms with Crippen LogP contribution in [0.2, 0.25) is 0 Å². The number of nitrogen functional groups attached to an aromatic ring is 1. The Morgan fingerprint density at radius 1 is 1.13 bits per heavy atom. The Balaban J connectivity index is 2.06. The number of aryl methyl sites for hydroxylation is 1. The molecular weight excluding hydrogens is 293 g/mol. The van der Waals surface area contributed by atoms with E-state index in [9.17, 15) is 4.39 Å². The summed E-state index contributed by atoms with van der Waals surface area (Å²) < 4.78 is 14.3. The van der Waals surface area contributed by atoms with Crippen molar-refractivity contribution >= 4 is 28.1 Å². The Labute approximate surface area is 133 Å². The molecule has 23 heavy (non-hydrogen) atoms. The van der Waals surface area contributed by atoms with Crippen molar-refractivity contribution in [1.82, 2.24) is 4.98 Å². The Kier molecular flexibility index (Phi) is 3.85. The molecule has 0 bridgehead atoms. The van der Waals surface area contributed by atoms with E-state index in [2.05, 4.69) is 10.3 Å². The minimum atomic E-state index is -0.869. The lowest BCUT2D eigenvalue weighted by atomic mass is 10.1. The normalized spacial score (nSPS) is 11.2. The largest absolute Gasteiger partial charge is 0.383 e. The van der Waals surface area contributed by atoms with Gasteiger partial charge in [0.1, 0.15) is 5.82 Å². The van der Waals surface area contributed by atoms with Crippen LogP contribution >= 0.6 is 0 Å². The van der Waals surface area contributed by atoms with E-state index in [1.807, 2.05) is 43.3 Å². The first kappa shape index (κ1) is 15.2. The maximum Gasteiger partial charge on any atom is 0.168 e. The number of benzene rings is 2. The number of nitrogens with zero attached hydrogens (tertiary/aromatic N) is 1. The molecule has 0 saturated heterocycles. The van der Waals surface area contributed by atoms with E-state index in [0.717, 1.165) is 22.0 Å². The van der Waals surface area contributed by atoms with Crippen LogP contribution in [0.25, 0.3) is 10.8 Å². The fourth-order valence-electron chi connectivity index (χ4n) is 2.49. The van der Waals surface area contributed by atoms with Gasteiger partial charge in [0, 0.05) is 16.6 Å². The molecule has 0 radical (unpaired) electrons. The van der Waals surface area contributed by atoms with Crippen LogP contribution in [-0.4, -0.2) is 4.98 Å². The molecule has 7 N–H and O–H groups in total. The summed E-state index contributed by atoms with van der Waals surface area (Å²) in [6, 6.07) is 13.0. The molecule has 6 heteroatoms. The SMILES string of the molecule is Cc1ccc2cccc(Nc3nc(N)c(C(N)N)cc3F)c2c1. The van der Waals surface area contributed by atoms with Gasteiger partial charge in [-0.15, -0.1) is 0 Å². The first-order chi connectivity index (χ1) is 11.0. The Hall–Kier alpha value is -2.70. The number of anilines is 3. The number of nitrogens with two attached hydrogens (primary N) is 3. The standard InChI is InChI=1S/C17H18FN5/c1-9-5-6-10-3-2-4-14(11(10)7-9)22-17-13(18)8-12(15(19)20)16(21)23-17/h2-8,15H,19-20H2,1H3,(H3,21,22,23). The van der Waals surface area contributed by atoms with Crippen LogP contribution in [0.5, 0.6) is 0 Å². The van der Waals surface area contributed by atoms with Gasteiger partial charge in [0.15, 0.2) is 11.6 Å². The lowest BCUT2D eigenvalue weighted by Crippen LogP contribution is -2.22. The third-order valence-electron chi connectivity index (χ3n) is 3.69. The van der Waals surface area contributed by atoms with Crippen molar-refractivity contribution in [3.8, 4) is 0 Å². The summed E-state index contributed by atoms with van der Waals surface area (Å²) in [5.41, 5.74) is 19.0. The molecule has 118 valence electrons. The zero-order valence-corrected chi connectivity index (χ0v) is 12.7. The molecule has 0 spiro atoms. The smallest absolute Gasteiger partial charge is 0.168 e. The second-order valence-corrected chi connectivity index (χ2v) is 5.47.